The van der Waals surface area contributed by atoms with E-state index < -0.39 is 0 Å². The number of phenols is 1. The van der Waals surface area contributed by atoms with Gasteiger partial charge >= 0.3 is 0 Å². The number of halogens is 1. The van der Waals surface area contributed by atoms with Crippen LogP contribution in [0.5, 0.6) is 5.75 Å². The molecule has 0 unspecified atom stereocenters. The first-order valence-corrected chi connectivity index (χ1v) is 6.48. The number of rotatable bonds is 1. The fraction of sp³-hybridized carbons (Fsp3) is 0.231. The van der Waals surface area contributed by atoms with E-state index in [0.29, 0.717) is 5.88 Å². The molecule has 0 aliphatic carbocycles. The molecule has 0 saturated carbocycles. The van der Waals surface area contributed by atoms with Gasteiger partial charge in [0.05, 0.1) is 0 Å². The molecule has 0 radical (unpaired) electrons. The Morgan fingerprint density at radius 1 is 1.47 bits per heavy atom. The summed E-state index contributed by atoms with van der Waals surface area (Å²) in [5.41, 5.74) is 2.15. The second-order valence-electron chi connectivity index (χ2n) is 4.29. The minimum atomic E-state index is 0.281. The predicted molar refractivity (Wildman–Crippen MR) is 74.8 cm³/mol. The van der Waals surface area contributed by atoms with Crippen molar-refractivity contribution in [3.8, 4) is 5.75 Å². The number of hydrogen-bond donors (Lipinski definition) is 3. The molecular weight excluding hydrogens is 254 g/mol. The SMILES string of the molecule is Oc1cc2c(c3c(S)cccc13)[C@H](CCl)CN2. The Morgan fingerprint density at radius 2 is 2.29 bits per heavy atom. The van der Waals surface area contributed by atoms with Crippen LogP contribution in [-0.4, -0.2) is 17.5 Å². The number of aromatic hydroxyl groups is 1. The van der Waals surface area contributed by atoms with E-state index in [1.807, 2.05) is 18.2 Å². The summed E-state index contributed by atoms with van der Waals surface area (Å²) >= 11 is 10.5. The largest absolute Gasteiger partial charge is 0.507 e. The van der Waals surface area contributed by atoms with Crippen molar-refractivity contribution in [2.75, 3.05) is 17.7 Å². The number of hydrogen-bond acceptors (Lipinski definition) is 3. The van der Waals surface area contributed by atoms with E-state index in [4.69, 9.17) is 11.6 Å². The molecule has 0 amide bonds. The number of nitrogens with one attached hydrogen (secondary N) is 1. The van der Waals surface area contributed by atoms with Crippen LogP contribution < -0.4 is 5.32 Å². The van der Waals surface area contributed by atoms with Gasteiger partial charge in [0.1, 0.15) is 5.75 Å². The van der Waals surface area contributed by atoms with Crippen LogP contribution in [0.25, 0.3) is 10.8 Å². The monoisotopic (exact) mass is 265 g/mol. The Morgan fingerprint density at radius 3 is 3.06 bits per heavy atom. The summed E-state index contributed by atoms with van der Waals surface area (Å²) in [6.45, 7) is 0.819. The van der Waals surface area contributed by atoms with Crippen LogP contribution >= 0.6 is 24.2 Å². The summed E-state index contributed by atoms with van der Waals surface area (Å²) in [6, 6.07) is 7.52. The first-order chi connectivity index (χ1) is 8.22. The molecule has 0 bridgehead atoms. The fourth-order valence-electron chi connectivity index (χ4n) is 2.50. The van der Waals surface area contributed by atoms with Crippen LogP contribution in [0.1, 0.15) is 11.5 Å². The lowest BCUT2D eigenvalue weighted by Gasteiger charge is -2.12. The van der Waals surface area contributed by atoms with Gasteiger partial charge in [-0.3, -0.25) is 0 Å². The van der Waals surface area contributed by atoms with Crippen LogP contribution in [0, 0.1) is 0 Å². The van der Waals surface area contributed by atoms with Crippen LogP contribution in [0.3, 0.4) is 0 Å². The third-order valence-electron chi connectivity index (χ3n) is 3.29. The second-order valence-corrected chi connectivity index (χ2v) is 5.08. The highest BCUT2D eigenvalue weighted by atomic mass is 35.5. The number of phenolic OH excluding ortho intramolecular Hbond substituents is 1. The lowest BCUT2D eigenvalue weighted by Crippen LogP contribution is -2.03. The highest BCUT2D eigenvalue weighted by Gasteiger charge is 2.26. The number of benzene rings is 2. The van der Waals surface area contributed by atoms with Crippen molar-refractivity contribution in [3.05, 3.63) is 29.8 Å². The maximum atomic E-state index is 10.0. The van der Waals surface area contributed by atoms with E-state index >= 15 is 0 Å². The number of thiol groups is 1. The molecule has 2 aromatic rings. The maximum Gasteiger partial charge on any atom is 0.125 e. The van der Waals surface area contributed by atoms with E-state index in [9.17, 15) is 5.11 Å². The third-order valence-corrected chi connectivity index (χ3v) is 4.04. The average molecular weight is 266 g/mol. The smallest absolute Gasteiger partial charge is 0.125 e. The van der Waals surface area contributed by atoms with Crippen molar-refractivity contribution < 1.29 is 5.11 Å². The molecule has 2 nitrogen and oxygen atoms in total. The van der Waals surface area contributed by atoms with Crippen LogP contribution in [0.2, 0.25) is 0 Å². The summed E-state index contributed by atoms with van der Waals surface area (Å²) < 4.78 is 0. The summed E-state index contributed by atoms with van der Waals surface area (Å²) in [5.74, 6) is 1.14. The zero-order valence-corrected chi connectivity index (χ0v) is 10.7. The van der Waals surface area contributed by atoms with Crippen molar-refractivity contribution in [1.82, 2.24) is 0 Å². The maximum absolute atomic E-state index is 10.0. The minimum absolute atomic E-state index is 0.281. The van der Waals surface area contributed by atoms with Gasteiger partial charge in [-0.2, -0.15) is 0 Å². The summed E-state index contributed by atoms with van der Waals surface area (Å²) in [7, 11) is 0. The van der Waals surface area contributed by atoms with E-state index in [1.165, 1.54) is 5.56 Å². The van der Waals surface area contributed by atoms with E-state index in [-0.39, 0.29) is 11.7 Å². The molecule has 1 aliphatic heterocycles. The van der Waals surface area contributed by atoms with E-state index in [1.54, 1.807) is 6.07 Å². The molecule has 1 heterocycles. The lowest BCUT2D eigenvalue weighted by molar-refractivity contribution is 0.482. The first-order valence-electron chi connectivity index (χ1n) is 5.49. The second kappa shape index (κ2) is 4.00. The van der Waals surface area contributed by atoms with Crippen LogP contribution in [0.15, 0.2) is 29.2 Å². The van der Waals surface area contributed by atoms with Crippen molar-refractivity contribution in [2.24, 2.45) is 0 Å². The Hall–Kier alpha value is -1.06. The van der Waals surface area contributed by atoms with E-state index in [2.05, 4.69) is 17.9 Å². The van der Waals surface area contributed by atoms with Gasteiger partial charge < -0.3 is 10.4 Å². The molecule has 88 valence electrons. The van der Waals surface area contributed by atoms with Gasteiger partial charge in [0, 0.05) is 45.8 Å². The number of anilines is 1. The molecule has 2 aromatic carbocycles. The number of fused-ring (bicyclic) bond motifs is 3. The van der Waals surface area contributed by atoms with Crippen molar-refractivity contribution >= 4 is 40.7 Å². The Kier molecular flexibility index (Phi) is 2.60. The van der Waals surface area contributed by atoms with Crippen molar-refractivity contribution in [3.63, 3.8) is 0 Å². The molecule has 17 heavy (non-hydrogen) atoms. The number of alkyl halides is 1. The van der Waals surface area contributed by atoms with Gasteiger partial charge in [0.25, 0.3) is 0 Å². The Labute approximate surface area is 110 Å². The minimum Gasteiger partial charge on any atom is -0.507 e. The lowest BCUT2D eigenvalue weighted by atomic mass is 9.95. The molecule has 3 rings (SSSR count). The summed E-state index contributed by atoms with van der Waals surface area (Å²) in [5, 5.41) is 15.2. The Bertz CT molecular complexity index is 599. The summed E-state index contributed by atoms with van der Waals surface area (Å²) in [6.07, 6.45) is 0. The van der Waals surface area contributed by atoms with E-state index in [0.717, 1.165) is 27.9 Å². The molecule has 0 spiro atoms. The first kappa shape index (κ1) is 11.1. The molecular formula is C13H12ClNOS. The van der Waals surface area contributed by atoms with Crippen LogP contribution in [-0.2, 0) is 0 Å². The standard InChI is InChI=1S/C13H12ClNOS/c14-5-7-6-15-9-4-10(16)8-2-1-3-11(17)13(8)12(7)9/h1-4,7,15-17H,5-6H2/t7-/m1/s1. The highest BCUT2D eigenvalue weighted by Crippen LogP contribution is 2.44. The van der Waals surface area contributed by atoms with Gasteiger partial charge in [0.2, 0.25) is 0 Å². The third kappa shape index (κ3) is 1.57. The fourth-order valence-corrected chi connectivity index (χ4v) is 3.09. The normalized spacial score (nSPS) is 18.1. The molecule has 1 aliphatic rings. The molecule has 0 aromatic heterocycles. The van der Waals surface area contributed by atoms with Crippen molar-refractivity contribution in [2.45, 2.75) is 10.8 Å². The molecule has 1 atom stereocenters. The highest BCUT2D eigenvalue weighted by molar-refractivity contribution is 7.80. The van der Waals surface area contributed by atoms with Gasteiger partial charge in [-0.05, 0) is 11.6 Å². The molecule has 2 N–H and O–H groups in total. The average Bonchev–Trinajstić information content (AvgIpc) is 2.72. The van der Waals surface area contributed by atoms with Gasteiger partial charge in [-0.15, -0.1) is 24.2 Å². The Balaban J connectivity index is 2.43. The van der Waals surface area contributed by atoms with Gasteiger partial charge in [0.15, 0.2) is 0 Å². The summed E-state index contributed by atoms with van der Waals surface area (Å²) in [4.78, 5) is 0.883. The molecule has 0 fully saturated rings. The predicted octanol–water partition coefficient (Wildman–Crippen LogP) is 3.58. The quantitative estimate of drug-likeness (QED) is 0.544. The molecule has 4 heteroatoms. The zero-order valence-electron chi connectivity index (χ0n) is 9.07. The molecule has 0 saturated heterocycles. The van der Waals surface area contributed by atoms with Gasteiger partial charge in [-0.1, -0.05) is 12.1 Å². The topological polar surface area (TPSA) is 32.3 Å². The van der Waals surface area contributed by atoms with Gasteiger partial charge in [-0.25, -0.2) is 0 Å². The zero-order chi connectivity index (χ0) is 12.0. The van der Waals surface area contributed by atoms with Crippen molar-refractivity contribution in [1.29, 1.82) is 0 Å². The van der Waals surface area contributed by atoms with Crippen LogP contribution in [0.4, 0.5) is 5.69 Å².